The number of methoxy groups -OCH3 is 1. The fourth-order valence-electron chi connectivity index (χ4n) is 2.86. The van der Waals surface area contributed by atoms with Crippen LogP contribution in [0.4, 0.5) is 5.69 Å². The normalized spacial score (nSPS) is 17.3. The van der Waals surface area contributed by atoms with E-state index in [2.05, 4.69) is 10.6 Å². The molecule has 0 bridgehead atoms. The Kier molecular flexibility index (Phi) is 6.20. The number of rotatable bonds is 5. The Morgan fingerprint density at radius 1 is 1.10 bits per heavy atom. The molecule has 9 heteroatoms. The third kappa shape index (κ3) is 4.57. The number of carbonyl (C=O) groups is 1. The first-order valence-electron chi connectivity index (χ1n) is 8.77. The topological polar surface area (TPSA) is 63.5 Å². The monoisotopic (exact) mass is 480 g/mol. The Labute approximate surface area is 192 Å². The summed E-state index contributed by atoms with van der Waals surface area (Å²) in [5, 5.41) is 7.57. The van der Waals surface area contributed by atoms with E-state index in [9.17, 15) is 4.79 Å². The second-order valence-electron chi connectivity index (χ2n) is 6.30. The second kappa shape index (κ2) is 8.86. The predicted octanol–water partition coefficient (Wildman–Crippen LogP) is 6.52. The minimum absolute atomic E-state index is 0.203. The summed E-state index contributed by atoms with van der Waals surface area (Å²) in [5.74, 6) is 1.60. The number of hydrogen-bond acceptors (Lipinski definition) is 5. The lowest BCUT2D eigenvalue weighted by atomic mass is 10.2. The van der Waals surface area contributed by atoms with Crippen LogP contribution in [0.1, 0.15) is 5.76 Å². The smallest absolute Gasteiger partial charge is 0.260 e. The van der Waals surface area contributed by atoms with E-state index in [0.717, 1.165) is 5.56 Å². The lowest BCUT2D eigenvalue weighted by Gasteiger charge is -2.15. The molecule has 2 heterocycles. The average molecular weight is 482 g/mol. The van der Waals surface area contributed by atoms with Gasteiger partial charge in [-0.2, -0.15) is 0 Å². The third-order valence-electron chi connectivity index (χ3n) is 4.28. The fourth-order valence-corrected chi connectivity index (χ4v) is 4.29. The maximum atomic E-state index is 12.4. The van der Waals surface area contributed by atoms with E-state index < -0.39 is 0 Å². The molecule has 0 radical (unpaired) electrons. The van der Waals surface area contributed by atoms with Crippen molar-refractivity contribution in [3.8, 4) is 17.1 Å². The van der Waals surface area contributed by atoms with Gasteiger partial charge >= 0.3 is 0 Å². The van der Waals surface area contributed by atoms with Crippen molar-refractivity contribution in [2.75, 3.05) is 12.4 Å². The Hall–Kier alpha value is -2.25. The van der Waals surface area contributed by atoms with Crippen LogP contribution in [0.3, 0.4) is 0 Å². The summed E-state index contributed by atoms with van der Waals surface area (Å²) in [6.07, 6.45) is 1.69. The van der Waals surface area contributed by atoms with Crippen LogP contribution in [-0.4, -0.2) is 18.5 Å². The first-order valence-corrected chi connectivity index (χ1v) is 10.8. The highest BCUT2D eigenvalue weighted by Crippen LogP contribution is 2.35. The SMILES string of the molecule is COc1ccc(Cl)cc1NC1NC(=O)/C(=C/c2ccc(-c3ccc(Cl)c(Cl)c3)o2)S1. The second-order valence-corrected chi connectivity index (χ2v) is 8.70. The number of nitrogens with one attached hydrogen (secondary N) is 2. The van der Waals surface area contributed by atoms with Gasteiger partial charge in [-0.15, -0.1) is 0 Å². The van der Waals surface area contributed by atoms with Crippen LogP contribution < -0.4 is 15.4 Å². The van der Waals surface area contributed by atoms with Crippen LogP contribution >= 0.6 is 46.6 Å². The molecule has 1 aliphatic rings. The number of halogens is 3. The molecule has 154 valence electrons. The van der Waals surface area contributed by atoms with Gasteiger partial charge in [-0.3, -0.25) is 4.79 Å². The highest BCUT2D eigenvalue weighted by Gasteiger charge is 2.28. The number of anilines is 1. The summed E-state index contributed by atoms with van der Waals surface area (Å²) < 4.78 is 11.2. The number of ether oxygens (including phenoxy) is 1. The van der Waals surface area contributed by atoms with Crippen LogP contribution in [0.2, 0.25) is 15.1 Å². The van der Waals surface area contributed by atoms with Crippen molar-refractivity contribution in [1.82, 2.24) is 5.32 Å². The quantitative estimate of drug-likeness (QED) is 0.406. The van der Waals surface area contributed by atoms with Crippen molar-refractivity contribution in [2.24, 2.45) is 0 Å². The van der Waals surface area contributed by atoms with Gasteiger partial charge in [0.15, 0.2) is 5.50 Å². The third-order valence-corrected chi connectivity index (χ3v) is 6.29. The molecule has 0 spiro atoms. The van der Waals surface area contributed by atoms with Crippen LogP contribution in [0, 0.1) is 0 Å². The number of carbonyl (C=O) groups excluding carboxylic acids is 1. The van der Waals surface area contributed by atoms with Gasteiger partial charge in [0.1, 0.15) is 17.3 Å². The molecular weight excluding hydrogens is 467 g/mol. The zero-order valence-corrected chi connectivity index (χ0v) is 18.6. The highest BCUT2D eigenvalue weighted by molar-refractivity contribution is 8.05. The Morgan fingerprint density at radius 2 is 1.93 bits per heavy atom. The number of thioether (sulfide) groups is 1. The lowest BCUT2D eigenvalue weighted by Crippen LogP contribution is -2.31. The first kappa shape index (κ1) is 21.0. The van der Waals surface area contributed by atoms with E-state index in [1.807, 2.05) is 12.1 Å². The first-order chi connectivity index (χ1) is 14.4. The maximum absolute atomic E-state index is 12.4. The summed E-state index contributed by atoms with van der Waals surface area (Å²) >= 11 is 19.4. The van der Waals surface area contributed by atoms with Crippen LogP contribution in [0.25, 0.3) is 17.4 Å². The minimum atomic E-state index is -0.374. The molecular formula is C21H15Cl3N2O3S. The van der Waals surface area contributed by atoms with Crippen LogP contribution in [0.15, 0.2) is 57.9 Å². The molecule has 1 atom stereocenters. The molecule has 0 saturated carbocycles. The predicted molar refractivity (Wildman–Crippen MR) is 123 cm³/mol. The minimum Gasteiger partial charge on any atom is -0.495 e. The molecule has 4 rings (SSSR count). The van der Waals surface area contributed by atoms with E-state index >= 15 is 0 Å². The molecule has 1 fully saturated rings. The summed E-state index contributed by atoms with van der Waals surface area (Å²) in [4.78, 5) is 12.9. The molecule has 1 amide bonds. The van der Waals surface area contributed by atoms with E-state index in [1.165, 1.54) is 11.8 Å². The summed E-state index contributed by atoms with van der Waals surface area (Å²) in [6, 6.07) is 14.1. The van der Waals surface area contributed by atoms with E-state index in [1.54, 1.807) is 49.6 Å². The van der Waals surface area contributed by atoms with Gasteiger partial charge in [0, 0.05) is 16.7 Å². The fraction of sp³-hybridized carbons (Fsp3) is 0.0952. The zero-order chi connectivity index (χ0) is 21.3. The van der Waals surface area contributed by atoms with Crippen molar-refractivity contribution >= 4 is 64.2 Å². The van der Waals surface area contributed by atoms with Gasteiger partial charge in [-0.25, -0.2) is 0 Å². The maximum Gasteiger partial charge on any atom is 0.260 e. The molecule has 2 N–H and O–H groups in total. The van der Waals surface area contributed by atoms with E-state index in [0.29, 0.717) is 42.9 Å². The Bertz CT molecular complexity index is 1150. The van der Waals surface area contributed by atoms with Crippen molar-refractivity contribution < 1.29 is 13.9 Å². The Morgan fingerprint density at radius 3 is 2.70 bits per heavy atom. The average Bonchev–Trinajstić information content (AvgIpc) is 3.31. The van der Waals surface area contributed by atoms with Gasteiger partial charge in [0.05, 0.1) is 27.7 Å². The molecule has 30 heavy (non-hydrogen) atoms. The number of benzene rings is 2. The number of furan rings is 1. The summed E-state index contributed by atoms with van der Waals surface area (Å²) in [5.41, 5.74) is 1.11. The van der Waals surface area contributed by atoms with Gasteiger partial charge in [-0.1, -0.05) is 46.6 Å². The Balaban J connectivity index is 1.50. The molecule has 5 nitrogen and oxygen atoms in total. The highest BCUT2D eigenvalue weighted by atomic mass is 35.5. The lowest BCUT2D eigenvalue weighted by molar-refractivity contribution is -0.116. The number of amides is 1. The van der Waals surface area contributed by atoms with Gasteiger partial charge < -0.3 is 19.8 Å². The van der Waals surface area contributed by atoms with Gasteiger partial charge in [-0.05, 0) is 48.5 Å². The van der Waals surface area contributed by atoms with Crippen molar-refractivity contribution in [3.05, 3.63) is 74.3 Å². The molecule has 1 aliphatic heterocycles. The van der Waals surface area contributed by atoms with Gasteiger partial charge in [0.2, 0.25) is 0 Å². The summed E-state index contributed by atoms with van der Waals surface area (Å²) in [6.45, 7) is 0. The molecule has 1 saturated heterocycles. The van der Waals surface area contributed by atoms with Crippen LogP contribution in [-0.2, 0) is 4.79 Å². The standard InChI is InChI=1S/C21H15Cl3N2O3S/c1-28-18-6-3-12(22)9-16(18)25-21-26-20(27)19(30-21)10-13-4-7-17(29-13)11-2-5-14(23)15(24)8-11/h2-10,21,25H,1H3,(H,26,27)/b19-10-. The molecule has 2 aromatic carbocycles. The largest absolute Gasteiger partial charge is 0.495 e. The molecule has 1 unspecified atom stereocenters. The van der Waals surface area contributed by atoms with Crippen LogP contribution in [0.5, 0.6) is 5.75 Å². The van der Waals surface area contributed by atoms with Gasteiger partial charge in [0.25, 0.3) is 5.91 Å². The van der Waals surface area contributed by atoms with Crippen molar-refractivity contribution in [3.63, 3.8) is 0 Å². The number of hydrogen-bond donors (Lipinski definition) is 2. The van der Waals surface area contributed by atoms with E-state index in [-0.39, 0.29) is 11.4 Å². The summed E-state index contributed by atoms with van der Waals surface area (Å²) in [7, 11) is 1.57. The molecule has 0 aliphatic carbocycles. The van der Waals surface area contributed by atoms with Crippen molar-refractivity contribution in [2.45, 2.75) is 5.50 Å². The van der Waals surface area contributed by atoms with E-state index in [4.69, 9.17) is 44.0 Å². The molecule has 3 aromatic rings. The van der Waals surface area contributed by atoms with Crippen molar-refractivity contribution in [1.29, 1.82) is 0 Å². The molecule has 1 aromatic heterocycles. The zero-order valence-electron chi connectivity index (χ0n) is 15.5.